The van der Waals surface area contributed by atoms with Gasteiger partial charge in [-0.3, -0.25) is 8.98 Å². The molecule has 4 aliphatic carbocycles. The lowest BCUT2D eigenvalue weighted by Gasteiger charge is -2.60. The zero-order valence-corrected chi connectivity index (χ0v) is 19.5. The summed E-state index contributed by atoms with van der Waals surface area (Å²) in [6, 6.07) is 0. The number of rotatable bonds is 4. The molecule has 0 spiro atoms. The van der Waals surface area contributed by atoms with Crippen molar-refractivity contribution in [1.82, 2.24) is 5.16 Å². The summed E-state index contributed by atoms with van der Waals surface area (Å²) in [6.45, 7) is 3.42. The first-order valence-electron chi connectivity index (χ1n) is 11.3. The molecule has 1 heterocycles. The standard InChI is InChI=1S/C23H31NO7S/c1-21-9-13-11-24-31-18(13)8-14(21)4-5-15-16-6-7-23(27,19(26)12-30-32(3,28)29)22(16,2)10-17(25)20(15)21/h8,11,15-17,20,25,27H,4-7,9-10,12H2,1-3H3/t15?,16?,17?,20?,21-,22-,23-/m0/s1. The zero-order chi connectivity index (χ0) is 23.1. The van der Waals surface area contributed by atoms with Gasteiger partial charge in [0.15, 0.2) is 11.5 Å². The quantitative estimate of drug-likeness (QED) is 0.647. The van der Waals surface area contributed by atoms with E-state index in [0.717, 1.165) is 36.8 Å². The number of carbonyl (C=O) groups is 1. The third-order valence-electron chi connectivity index (χ3n) is 9.23. The lowest BCUT2D eigenvalue weighted by molar-refractivity contribution is -0.180. The minimum Gasteiger partial charge on any atom is -0.393 e. The van der Waals surface area contributed by atoms with E-state index in [1.807, 2.05) is 6.92 Å². The number of aliphatic hydroxyl groups excluding tert-OH is 1. The number of hydrogen-bond acceptors (Lipinski definition) is 8. The smallest absolute Gasteiger partial charge is 0.264 e. The fraction of sp³-hybridized carbons (Fsp3) is 0.739. The molecule has 0 radical (unpaired) electrons. The molecule has 4 unspecified atom stereocenters. The highest BCUT2D eigenvalue weighted by molar-refractivity contribution is 7.86. The maximum atomic E-state index is 13.0. The van der Waals surface area contributed by atoms with Crippen molar-refractivity contribution >= 4 is 22.0 Å². The number of Topliss-reactive ketones (excluding diaryl/α,β-unsaturated/α-hetero) is 1. The van der Waals surface area contributed by atoms with Crippen LogP contribution in [0.4, 0.5) is 0 Å². The molecule has 7 atom stereocenters. The Labute approximate surface area is 188 Å². The maximum absolute atomic E-state index is 13.0. The van der Waals surface area contributed by atoms with Gasteiger partial charge in [0.2, 0.25) is 0 Å². The minimum atomic E-state index is -3.80. The molecule has 1 aromatic rings. The maximum Gasteiger partial charge on any atom is 0.264 e. The van der Waals surface area contributed by atoms with E-state index < -0.39 is 39.6 Å². The van der Waals surface area contributed by atoms with Gasteiger partial charge in [0.05, 0.1) is 18.6 Å². The predicted octanol–water partition coefficient (Wildman–Crippen LogP) is 2.10. The van der Waals surface area contributed by atoms with E-state index in [1.165, 1.54) is 5.57 Å². The molecule has 0 aliphatic heterocycles. The Morgan fingerprint density at radius 1 is 1.34 bits per heavy atom. The Hall–Kier alpha value is -1.55. The van der Waals surface area contributed by atoms with Gasteiger partial charge in [-0.15, -0.1) is 0 Å². The molecule has 8 nitrogen and oxygen atoms in total. The Bertz CT molecular complexity index is 1090. The fourth-order valence-electron chi connectivity index (χ4n) is 7.76. The summed E-state index contributed by atoms with van der Waals surface area (Å²) < 4.78 is 32.9. The minimum absolute atomic E-state index is 0.00773. The summed E-state index contributed by atoms with van der Waals surface area (Å²) in [5.74, 6) is 0.411. The highest BCUT2D eigenvalue weighted by atomic mass is 32.2. The van der Waals surface area contributed by atoms with Crippen molar-refractivity contribution in [2.24, 2.45) is 28.6 Å². The van der Waals surface area contributed by atoms with Crippen LogP contribution in [0, 0.1) is 28.6 Å². The van der Waals surface area contributed by atoms with Crippen molar-refractivity contribution in [3.63, 3.8) is 0 Å². The number of carbonyl (C=O) groups excluding carboxylic acids is 1. The summed E-state index contributed by atoms with van der Waals surface area (Å²) in [6.07, 6.45) is 7.75. The third kappa shape index (κ3) is 3.01. The molecule has 5 rings (SSSR count). The molecular weight excluding hydrogens is 434 g/mol. The van der Waals surface area contributed by atoms with Gasteiger partial charge in [-0.25, -0.2) is 0 Å². The van der Waals surface area contributed by atoms with Crippen LogP contribution < -0.4 is 0 Å². The fourth-order valence-corrected chi connectivity index (χ4v) is 8.08. The van der Waals surface area contributed by atoms with Crippen molar-refractivity contribution in [1.29, 1.82) is 0 Å². The van der Waals surface area contributed by atoms with Gasteiger partial charge in [-0.1, -0.05) is 24.6 Å². The Balaban J connectivity index is 1.46. The highest BCUT2D eigenvalue weighted by Crippen LogP contribution is 2.67. The molecule has 32 heavy (non-hydrogen) atoms. The number of aliphatic hydroxyl groups is 2. The number of aromatic nitrogens is 1. The first-order chi connectivity index (χ1) is 14.9. The van der Waals surface area contributed by atoms with Crippen LogP contribution in [0.15, 0.2) is 16.3 Å². The Kier molecular flexibility index (Phi) is 4.85. The Morgan fingerprint density at radius 3 is 2.81 bits per heavy atom. The van der Waals surface area contributed by atoms with E-state index in [4.69, 9.17) is 8.71 Å². The first kappa shape index (κ1) is 22.3. The monoisotopic (exact) mass is 465 g/mol. The van der Waals surface area contributed by atoms with Crippen molar-refractivity contribution in [3.8, 4) is 0 Å². The van der Waals surface area contributed by atoms with Gasteiger partial charge in [0, 0.05) is 11.0 Å². The molecule has 176 valence electrons. The second-order valence-electron chi connectivity index (χ2n) is 10.8. The average molecular weight is 466 g/mol. The van der Waals surface area contributed by atoms with E-state index in [-0.39, 0.29) is 29.6 Å². The number of fused-ring (bicyclic) bond motifs is 6. The molecule has 2 N–H and O–H groups in total. The molecule has 0 aromatic carbocycles. The van der Waals surface area contributed by atoms with Crippen molar-refractivity contribution in [2.45, 2.75) is 64.1 Å². The highest BCUT2D eigenvalue weighted by Gasteiger charge is 2.68. The van der Waals surface area contributed by atoms with Crippen LogP contribution in [0.3, 0.4) is 0 Å². The summed E-state index contributed by atoms with van der Waals surface area (Å²) in [4.78, 5) is 13.0. The van der Waals surface area contributed by atoms with Crippen LogP contribution in [0.2, 0.25) is 0 Å². The molecule has 0 saturated heterocycles. The van der Waals surface area contributed by atoms with Crippen LogP contribution in [0.5, 0.6) is 0 Å². The third-order valence-corrected chi connectivity index (χ3v) is 9.77. The van der Waals surface area contributed by atoms with Crippen LogP contribution >= 0.6 is 0 Å². The van der Waals surface area contributed by atoms with Crippen molar-refractivity contribution in [2.75, 3.05) is 12.9 Å². The van der Waals surface area contributed by atoms with E-state index in [2.05, 4.69) is 18.2 Å². The van der Waals surface area contributed by atoms with Gasteiger partial charge >= 0.3 is 0 Å². The molecular formula is C23H31NO7S. The second kappa shape index (κ2) is 6.98. The summed E-state index contributed by atoms with van der Waals surface area (Å²) in [5.41, 5.74) is -0.448. The first-order valence-corrected chi connectivity index (χ1v) is 13.1. The van der Waals surface area contributed by atoms with E-state index >= 15 is 0 Å². The van der Waals surface area contributed by atoms with Crippen LogP contribution in [0.1, 0.15) is 57.3 Å². The van der Waals surface area contributed by atoms with Crippen LogP contribution in [-0.4, -0.2) is 54.1 Å². The van der Waals surface area contributed by atoms with Gasteiger partial charge in [0.1, 0.15) is 12.2 Å². The van der Waals surface area contributed by atoms with Crippen molar-refractivity contribution < 1.29 is 32.1 Å². The molecule has 0 amide bonds. The molecule has 1 aromatic heterocycles. The topological polar surface area (TPSA) is 127 Å². The van der Waals surface area contributed by atoms with Gasteiger partial charge in [-0.2, -0.15) is 8.42 Å². The summed E-state index contributed by atoms with van der Waals surface area (Å²) in [5, 5.41) is 27.0. The second-order valence-corrected chi connectivity index (χ2v) is 12.4. The molecule has 3 saturated carbocycles. The average Bonchev–Trinajstić information content (AvgIpc) is 3.24. The summed E-state index contributed by atoms with van der Waals surface area (Å²) in [7, 11) is -3.80. The SMILES string of the molecule is C[C@]12Cc3cnoc3C=C1CCC1C2C(O)C[C@@]2(C)C1CC[C@]2(O)C(=O)COS(C)(=O)=O. The number of allylic oxidation sites excluding steroid dienone is 1. The Morgan fingerprint density at radius 2 is 2.09 bits per heavy atom. The van der Waals surface area contributed by atoms with Gasteiger partial charge in [0.25, 0.3) is 10.1 Å². The van der Waals surface area contributed by atoms with Crippen molar-refractivity contribution in [3.05, 3.63) is 23.1 Å². The molecule has 4 aliphatic rings. The normalized spacial score (nSPS) is 43.0. The molecule has 9 heteroatoms. The van der Waals surface area contributed by atoms with Gasteiger partial charge in [-0.05, 0) is 67.8 Å². The number of ketones is 1. The zero-order valence-electron chi connectivity index (χ0n) is 18.7. The van der Waals surface area contributed by atoms with Gasteiger partial charge < -0.3 is 14.7 Å². The van der Waals surface area contributed by atoms with E-state index in [9.17, 15) is 23.4 Å². The lowest BCUT2D eigenvalue weighted by atomic mass is 9.45. The number of nitrogens with zero attached hydrogens (tertiary/aromatic N) is 1. The lowest BCUT2D eigenvalue weighted by Crippen LogP contribution is -2.62. The predicted molar refractivity (Wildman–Crippen MR) is 115 cm³/mol. The molecule has 0 bridgehead atoms. The largest absolute Gasteiger partial charge is 0.393 e. The summed E-state index contributed by atoms with van der Waals surface area (Å²) >= 11 is 0. The van der Waals surface area contributed by atoms with Crippen LogP contribution in [0.25, 0.3) is 6.08 Å². The number of hydrogen-bond donors (Lipinski definition) is 2. The molecule has 3 fully saturated rings. The van der Waals surface area contributed by atoms with E-state index in [0.29, 0.717) is 12.8 Å². The van der Waals surface area contributed by atoms with Crippen LogP contribution in [-0.2, 0) is 25.5 Å². The van der Waals surface area contributed by atoms with E-state index in [1.54, 1.807) is 6.20 Å².